The first-order chi connectivity index (χ1) is 11.8. The number of rotatable bonds is 5. The summed E-state index contributed by atoms with van der Waals surface area (Å²) in [6, 6.07) is 8.71. The first-order valence-electron chi connectivity index (χ1n) is 9.52. The minimum Gasteiger partial charge on any atom is -0.103 e. The maximum absolute atomic E-state index is 8.40. The molecule has 0 N–H and O–H groups in total. The Bertz CT molecular complexity index is 570. The average Bonchev–Trinajstić information content (AvgIpc) is 2.67. The Kier molecular flexibility index (Phi) is 5.98. The van der Waals surface area contributed by atoms with E-state index in [0.29, 0.717) is 6.54 Å². The zero-order valence-electron chi connectivity index (χ0n) is 14.6. The van der Waals surface area contributed by atoms with Crippen molar-refractivity contribution in [1.29, 1.82) is 0 Å². The van der Waals surface area contributed by atoms with Crippen molar-refractivity contribution in [3.05, 3.63) is 58.5 Å². The highest BCUT2D eigenvalue weighted by atomic mass is 15.1. The summed E-state index contributed by atoms with van der Waals surface area (Å²) in [7, 11) is 0. The highest BCUT2D eigenvalue weighted by Gasteiger charge is 2.30. The summed E-state index contributed by atoms with van der Waals surface area (Å²) in [4.78, 5) is 2.83. The quantitative estimate of drug-likeness (QED) is 0.249. The highest BCUT2D eigenvalue weighted by molar-refractivity contribution is 5.25. The van der Waals surface area contributed by atoms with Crippen molar-refractivity contribution in [2.24, 2.45) is 22.9 Å². The van der Waals surface area contributed by atoms with Gasteiger partial charge in [0.2, 0.25) is 0 Å². The SMILES string of the molecule is C=CC1CCC(C2CCC(c3ccc(CN=[N+]=[N-])cc3)CC2)CC1. The summed E-state index contributed by atoms with van der Waals surface area (Å²) in [6.07, 6.45) is 13.2. The van der Waals surface area contributed by atoms with Gasteiger partial charge in [-0.05, 0) is 91.7 Å². The molecule has 3 rings (SSSR count). The number of allylic oxidation sites excluding steroid dienone is 1. The van der Waals surface area contributed by atoms with Crippen LogP contribution in [0.3, 0.4) is 0 Å². The lowest BCUT2D eigenvalue weighted by molar-refractivity contribution is 0.171. The molecule has 0 saturated heterocycles. The Hall–Kier alpha value is -1.73. The molecule has 3 heteroatoms. The van der Waals surface area contributed by atoms with E-state index in [1.54, 1.807) is 0 Å². The van der Waals surface area contributed by atoms with Gasteiger partial charge in [-0.15, -0.1) is 6.58 Å². The van der Waals surface area contributed by atoms with E-state index in [-0.39, 0.29) is 0 Å². The van der Waals surface area contributed by atoms with Crippen molar-refractivity contribution >= 4 is 0 Å². The Morgan fingerprint density at radius 1 is 0.958 bits per heavy atom. The van der Waals surface area contributed by atoms with Crippen molar-refractivity contribution in [2.45, 2.75) is 63.8 Å². The van der Waals surface area contributed by atoms with E-state index in [0.717, 1.165) is 29.2 Å². The average molecular weight is 323 g/mol. The Morgan fingerprint density at radius 2 is 1.54 bits per heavy atom. The van der Waals surface area contributed by atoms with Crippen LogP contribution in [0, 0.1) is 17.8 Å². The van der Waals surface area contributed by atoms with Crippen LogP contribution >= 0.6 is 0 Å². The largest absolute Gasteiger partial charge is 0.103 e. The molecule has 0 bridgehead atoms. The monoisotopic (exact) mass is 323 g/mol. The molecule has 2 fully saturated rings. The number of hydrogen-bond acceptors (Lipinski definition) is 1. The standard InChI is InChI=1S/C21H29N3/c1-2-16-3-7-18(8-4-16)20-11-13-21(14-12-20)19-9-5-17(6-10-19)15-23-24-22/h2,5-6,9-10,16,18,20-21H,1,3-4,7-8,11-15H2. The van der Waals surface area contributed by atoms with Gasteiger partial charge in [0.15, 0.2) is 0 Å². The molecule has 0 atom stereocenters. The Balaban J connectivity index is 1.50. The minimum absolute atomic E-state index is 0.455. The van der Waals surface area contributed by atoms with Crippen LogP contribution < -0.4 is 0 Å². The van der Waals surface area contributed by atoms with E-state index in [1.807, 2.05) is 0 Å². The molecular weight excluding hydrogens is 294 g/mol. The zero-order valence-corrected chi connectivity index (χ0v) is 14.6. The second-order valence-electron chi connectivity index (χ2n) is 7.65. The third-order valence-corrected chi connectivity index (χ3v) is 6.36. The van der Waals surface area contributed by atoms with Gasteiger partial charge in [0.1, 0.15) is 0 Å². The molecule has 3 nitrogen and oxygen atoms in total. The van der Waals surface area contributed by atoms with Crippen molar-refractivity contribution in [3.63, 3.8) is 0 Å². The van der Waals surface area contributed by atoms with Crippen molar-refractivity contribution in [2.75, 3.05) is 0 Å². The third-order valence-electron chi connectivity index (χ3n) is 6.36. The van der Waals surface area contributed by atoms with Crippen LogP contribution in [0.15, 0.2) is 42.0 Å². The first kappa shape index (κ1) is 17.1. The van der Waals surface area contributed by atoms with Gasteiger partial charge < -0.3 is 0 Å². The van der Waals surface area contributed by atoms with E-state index in [9.17, 15) is 0 Å². The van der Waals surface area contributed by atoms with Gasteiger partial charge in [0, 0.05) is 4.91 Å². The van der Waals surface area contributed by atoms with E-state index in [1.165, 1.54) is 56.9 Å². The third kappa shape index (κ3) is 4.21. The number of benzene rings is 1. The van der Waals surface area contributed by atoms with E-state index in [2.05, 4.69) is 46.9 Å². The normalized spacial score (nSPS) is 30.3. The van der Waals surface area contributed by atoms with Gasteiger partial charge in [-0.25, -0.2) is 0 Å². The van der Waals surface area contributed by atoms with Crippen LogP contribution in [0.25, 0.3) is 10.4 Å². The lowest BCUT2D eigenvalue weighted by Gasteiger charge is -2.37. The fraction of sp³-hybridized carbons (Fsp3) is 0.619. The molecule has 0 aromatic heterocycles. The van der Waals surface area contributed by atoms with Crippen LogP contribution in [0.4, 0.5) is 0 Å². The minimum atomic E-state index is 0.455. The maximum atomic E-state index is 8.40. The molecule has 0 spiro atoms. The fourth-order valence-corrected chi connectivity index (χ4v) is 4.78. The smallest absolute Gasteiger partial charge is 0.0510 e. The molecule has 2 aliphatic rings. The van der Waals surface area contributed by atoms with Gasteiger partial charge in [-0.3, -0.25) is 0 Å². The van der Waals surface area contributed by atoms with Crippen molar-refractivity contribution in [3.8, 4) is 0 Å². The molecule has 0 heterocycles. The summed E-state index contributed by atoms with van der Waals surface area (Å²) in [5, 5.41) is 3.63. The predicted octanol–water partition coefficient (Wildman–Crippen LogP) is 6.76. The zero-order chi connectivity index (χ0) is 16.8. The second kappa shape index (κ2) is 8.39. The molecular formula is C21H29N3. The van der Waals surface area contributed by atoms with Crippen LogP contribution in [-0.4, -0.2) is 0 Å². The van der Waals surface area contributed by atoms with E-state index < -0.39 is 0 Å². The Labute approximate surface area is 145 Å². The van der Waals surface area contributed by atoms with Gasteiger partial charge in [-0.2, -0.15) is 0 Å². The molecule has 128 valence electrons. The highest BCUT2D eigenvalue weighted by Crippen LogP contribution is 2.44. The van der Waals surface area contributed by atoms with E-state index >= 15 is 0 Å². The molecule has 2 saturated carbocycles. The second-order valence-corrected chi connectivity index (χ2v) is 7.65. The van der Waals surface area contributed by atoms with Gasteiger partial charge in [-0.1, -0.05) is 35.5 Å². The van der Waals surface area contributed by atoms with Crippen LogP contribution in [-0.2, 0) is 6.54 Å². The molecule has 1 aromatic carbocycles. The summed E-state index contributed by atoms with van der Waals surface area (Å²) in [6.45, 7) is 4.42. The van der Waals surface area contributed by atoms with Crippen LogP contribution in [0.1, 0.15) is 68.4 Å². The number of hydrogen-bond donors (Lipinski definition) is 0. The number of azide groups is 1. The molecule has 0 radical (unpaired) electrons. The van der Waals surface area contributed by atoms with Crippen molar-refractivity contribution in [1.82, 2.24) is 0 Å². The summed E-state index contributed by atoms with van der Waals surface area (Å²) in [5.74, 6) is 3.42. The van der Waals surface area contributed by atoms with Gasteiger partial charge in [0.05, 0.1) is 6.54 Å². The molecule has 0 aliphatic heterocycles. The summed E-state index contributed by atoms with van der Waals surface area (Å²) >= 11 is 0. The van der Waals surface area contributed by atoms with Crippen molar-refractivity contribution < 1.29 is 0 Å². The van der Waals surface area contributed by atoms with E-state index in [4.69, 9.17) is 5.53 Å². The van der Waals surface area contributed by atoms with Crippen LogP contribution in [0.2, 0.25) is 0 Å². The molecule has 24 heavy (non-hydrogen) atoms. The first-order valence-corrected chi connectivity index (χ1v) is 9.52. The predicted molar refractivity (Wildman–Crippen MR) is 99.6 cm³/mol. The topological polar surface area (TPSA) is 48.8 Å². The van der Waals surface area contributed by atoms with Gasteiger partial charge in [0.25, 0.3) is 0 Å². The lowest BCUT2D eigenvalue weighted by atomic mass is 9.68. The summed E-state index contributed by atoms with van der Waals surface area (Å²) in [5.41, 5.74) is 11.0. The Morgan fingerprint density at radius 3 is 2.08 bits per heavy atom. The van der Waals surface area contributed by atoms with Crippen LogP contribution in [0.5, 0.6) is 0 Å². The molecule has 1 aromatic rings. The molecule has 0 amide bonds. The molecule has 0 unspecified atom stereocenters. The maximum Gasteiger partial charge on any atom is 0.0510 e. The summed E-state index contributed by atoms with van der Waals surface area (Å²) < 4.78 is 0. The molecule has 2 aliphatic carbocycles. The number of nitrogens with zero attached hydrogens (tertiary/aromatic N) is 3. The van der Waals surface area contributed by atoms with Gasteiger partial charge >= 0.3 is 0 Å². The lowest BCUT2D eigenvalue weighted by Crippen LogP contribution is -2.25. The fourth-order valence-electron chi connectivity index (χ4n) is 4.78.